The lowest BCUT2D eigenvalue weighted by atomic mass is 10.0. The van der Waals surface area contributed by atoms with E-state index in [-0.39, 0.29) is 0 Å². The molecule has 2 rings (SSSR count). The van der Waals surface area contributed by atoms with Crippen molar-refractivity contribution in [2.24, 2.45) is 5.92 Å². The van der Waals surface area contributed by atoms with E-state index in [1.54, 1.807) is 0 Å². The topological polar surface area (TPSA) is 3.24 Å². The number of rotatable bonds is 2. The van der Waals surface area contributed by atoms with Gasteiger partial charge < -0.3 is 0 Å². The first-order chi connectivity index (χ1) is 7.13. The van der Waals surface area contributed by atoms with Gasteiger partial charge in [-0.15, -0.1) is 11.3 Å². The van der Waals surface area contributed by atoms with Crippen LogP contribution in [0.4, 0.5) is 0 Å². The minimum absolute atomic E-state index is 0.671. The van der Waals surface area contributed by atoms with Gasteiger partial charge in [-0.3, -0.25) is 4.90 Å². The van der Waals surface area contributed by atoms with Gasteiger partial charge in [0.2, 0.25) is 0 Å². The molecule has 2 heterocycles. The van der Waals surface area contributed by atoms with Crippen LogP contribution in [0.15, 0.2) is 15.9 Å². The van der Waals surface area contributed by atoms with Crippen LogP contribution in [0.2, 0.25) is 0 Å². The molecule has 1 nitrogen and oxygen atoms in total. The third-order valence-electron chi connectivity index (χ3n) is 2.69. The Labute approximate surface area is 112 Å². The molecule has 0 amide bonds. The number of piperidine rings is 1. The molecule has 1 aliphatic rings. The van der Waals surface area contributed by atoms with Crippen LogP contribution >= 0.6 is 43.2 Å². The van der Waals surface area contributed by atoms with Crippen molar-refractivity contribution in [1.29, 1.82) is 0 Å². The highest BCUT2D eigenvalue weighted by Gasteiger charge is 2.22. The zero-order valence-electron chi connectivity index (χ0n) is 8.75. The van der Waals surface area contributed by atoms with Crippen LogP contribution in [0.3, 0.4) is 0 Å². The van der Waals surface area contributed by atoms with Gasteiger partial charge in [-0.05, 0) is 40.4 Å². The lowest BCUT2D eigenvalue weighted by Crippen LogP contribution is -2.39. The van der Waals surface area contributed by atoms with E-state index >= 15 is 0 Å². The zero-order valence-corrected chi connectivity index (χ0v) is 12.7. The van der Waals surface area contributed by atoms with Crippen LogP contribution in [0.1, 0.15) is 18.2 Å². The smallest absolute Gasteiger partial charge is 0.0701 e. The molecule has 0 aromatic carbocycles. The van der Waals surface area contributed by atoms with Crippen molar-refractivity contribution in [3.8, 4) is 0 Å². The van der Waals surface area contributed by atoms with Crippen molar-refractivity contribution in [3.05, 3.63) is 20.8 Å². The van der Waals surface area contributed by atoms with E-state index < -0.39 is 0 Å². The van der Waals surface area contributed by atoms with Crippen molar-refractivity contribution in [3.63, 3.8) is 0 Å². The molecule has 2 atom stereocenters. The minimum Gasteiger partial charge on any atom is -0.297 e. The Kier molecular flexibility index (Phi) is 4.27. The predicted molar refractivity (Wildman–Crippen MR) is 73.8 cm³/mol. The molecule has 15 heavy (non-hydrogen) atoms. The molecule has 1 saturated heterocycles. The van der Waals surface area contributed by atoms with Crippen molar-refractivity contribution >= 4 is 43.2 Å². The third kappa shape index (κ3) is 3.55. The molecule has 0 radical (unpaired) electrons. The van der Waals surface area contributed by atoms with Crippen LogP contribution in [-0.4, -0.2) is 22.8 Å². The SMILES string of the molecule is CC1CC(Br)CN(Cc2ccc(Br)s2)C1. The Morgan fingerprint density at radius 1 is 1.47 bits per heavy atom. The number of likely N-dealkylation sites (tertiary alicyclic amines) is 1. The number of hydrogen-bond acceptors (Lipinski definition) is 2. The lowest BCUT2D eigenvalue weighted by molar-refractivity contribution is 0.185. The lowest BCUT2D eigenvalue weighted by Gasteiger charge is -2.33. The fourth-order valence-electron chi connectivity index (χ4n) is 2.17. The summed E-state index contributed by atoms with van der Waals surface area (Å²) in [5.41, 5.74) is 0. The highest BCUT2D eigenvalue weighted by atomic mass is 79.9. The van der Waals surface area contributed by atoms with Crippen LogP contribution in [0.25, 0.3) is 0 Å². The standard InChI is InChI=1S/C11H15Br2NS/c1-8-4-9(12)6-14(5-8)7-10-2-3-11(13)15-10/h2-3,8-9H,4-7H2,1H3. The van der Waals surface area contributed by atoms with Gasteiger partial charge in [0.05, 0.1) is 3.79 Å². The molecule has 0 aliphatic carbocycles. The van der Waals surface area contributed by atoms with E-state index in [9.17, 15) is 0 Å². The van der Waals surface area contributed by atoms with E-state index in [1.165, 1.54) is 28.2 Å². The molecule has 4 heteroatoms. The Bertz CT molecular complexity index is 316. The van der Waals surface area contributed by atoms with Gasteiger partial charge in [-0.2, -0.15) is 0 Å². The van der Waals surface area contributed by atoms with Gasteiger partial charge in [0.1, 0.15) is 0 Å². The number of thiophene rings is 1. The molecule has 0 N–H and O–H groups in total. The van der Waals surface area contributed by atoms with Crippen LogP contribution in [0, 0.1) is 5.92 Å². The van der Waals surface area contributed by atoms with E-state index in [2.05, 4.69) is 55.8 Å². The van der Waals surface area contributed by atoms with E-state index in [1.807, 2.05) is 11.3 Å². The summed E-state index contributed by atoms with van der Waals surface area (Å²) in [6.07, 6.45) is 1.31. The summed E-state index contributed by atoms with van der Waals surface area (Å²) in [5.74, 6) is 0.812. The molecule has 1 aromatic heterocycles. The molecular formula is C11H15Br2NS. The monoisotopic (exact) mass is 351 g/mol. The zero-order chi connectivity index (χ0) is 10.8. The van der Waals surface area contributed by atoms with Gasteiger partial charge in [0, 0.05) is 29.3 Å². The summed E-state index contributed by atoms with van der Waals surface area (Å²) in [6.45, 7) is 5.85. The van der Waals surface area contributed by atoms with Crippen LogP contribution < -0.4 is 0 Å². The molecule has 1 aromatic rings. The van der Waals surface area contributed by atoms with Gasteiger partial charge in [-0.25, -0.2) is 0 Å². The first-order valence-electron chi connectivity index (χ1n) is 5.24. The second kappa shape index (κ2) is 5.30. The Morgan fingerprint density at radius 3 is 2.87 bits per heavy atom. The summed E-state index contributed by atoms with van der Waals surface area (Å²) in [7, 11) is 0. The quantitative estimate of drug-likeness (QED) is 0.724. The van der Waals surface area contributed by atoms with Crippen LogP contribution in [-0.2, 0) is 6.54 Å². The van der Waals surface area contributed by atoms with Gasteiger partial charge in [-0.1, -0.05) is 22.9 Å². The number of alkyl halides is 1. The largest absolute Gasteiger partial charge is 0.297 e. The Balaban J connectivity index is 1.94. The molecular weight excluding hydrogens is 338 g/mol. The van der Waals surface area contributed by atoms with E-state index in [0.717, 1.165) is 12.5 Å². The second-order valence-corrected chi connectivity index (χ2v) is 8.18. The Morgan fingerprint density at radius 2 is 2.27 bits per heavy atom. The molecule has 1 aliphatic heterocycles. The van der Waals surface area contributed by atoms with Crippen molar-refractivity contribution in [2.45, 2.75) is 24.7 Å². The summed E-state index contributed by atoms with van der Waals surface area (Å²) >= 11 is 9.10. The molecule has 0 spiro atoms. The number of hydrogen-bond donors (Lipinski definition) is 0. The maximum Gasteiger partial charge on any atom is 0.0701 e. The average molecular weight is 353 g/mol. The fourth-order valence-corrected chi connectivity index (χ4v) is 4.74. The number of halogens is 2. The van der Waals surface area contributed by atoms with Gasteiger partial charge in [0.15, 0.2) is 0 Å². The fraction of sp³-hybridized carbons (Fsp3) is 0.636. The average Bonchev–Trinajstić information content (AvgIpc) is 2.49. The summed E-state index contributed by atoms with van der Waals surface area (Å²) in [6, 6.07) is 4.36. The minimum atomic E-state index is 0.671. The van der Waals surface area contributed by atoms with Crippen molar-refractivity contribution in [1.82, 2.24) is 4.90 Å². The van der Waals surface area contributed by atoms with Crippen molar-refractivity contribution in [2.75, 3.05) is 13.1 Å². The maximum absolute atomic E-state index is 3.74. The molecule has 0 saturated carbocycles. The van der Waals surface area contributed by atoms with Crippen molar-refractivity contribution < 1.29 is 0 Å². The third-order valence-corrected chi connectivity index (χ3v) is 4.96. The predicted octanol–water partition coefficient (Wildman–Crippen LogP) is 4.12. The molecule has 2 unspecified atom stereocenters. The Hall–Kier alpha value is 0.620. The number of nitrogens with zero attached hydrogens (tertiary/aromatic N) is 1. The first-order valence-corrected chi connectivity index (χ1v) is 7.76. The normalized spacial score (nSPS) is 28.2. The van der Waals surface area contributed by atoms with Crippen LogP contribution in [0.5, 0.6) is 0 Å². The molecule has 1 fully saturated rings. The summed E-state index contributed by atoms with van der Waals surface area (Å²) in [4.78, 5) is 4.67. The summed E-state index contributed by atoms with van der Waals surface area (Å²) < 4.78 is 1.23. The van der Waals surface area contributed by atoms with E-state index in [4.69, 9.17) is 0 Å². The van der Waals surface area contributed by atoms with Gasteiger partial charge >= 0.3 is 0 Å². The summed E-state index contributed by atoms with van der Waals surface area (Å²) in [5, 5.41) is 0. The highest BCUT2D eigenvalue weighted by molar-refractivity contribution is 9.11. The van der Waals surface area contributed by atoms with Gasteiger partial charge in [0.25, 0.3) is 0 Å². The van der Waals surface area contributed by atoms with E-state index in [0.29, 0.717) is 4.83 Å². The molecule has 0 bridgehead atoms. The second-order valence-electron chi connectivity index (χ2n) is 4.34. The highest BCUT2D eigenvalue weighted by Crippen LogP contribution is 2.27. The molecule has 84 valence electrons. The maximum atomic E-state index is 3.74. The first kappa shape index (κ1) is 12.1.